The fraction of sp³-hybridized carbons (Fsp3) is 0.529. The summed E-state index contributed by atoms with van der Waals surface area (Å²) in [5.41, 5.74) is 0.691. The van der Waals surface area contributed by atoms with Gasteiger partial charge in [0, 0.05) is 12.3 Å². The molecule has 2 aliphatic rings. The molecule has 4 rings (SSSR count). The van der Waals surface area contributed by atoms with Crippen LogP contribution in [0, 0.1) is 5.92 Å². The van der Waals surface area contributed by atoms with Crippen molar-refractivity contribution in [2.24, 2.45) is 5.92 Å². The van der Waals surface area contributed by atoms with Crippen LogP contribution < -0.4 is 0 Å². The van der Waals surface area contributed by atoms with E-state index in [2.05, 4.69) is 13.6 Å². The van der Waals surface area contributed by atoms with E-state index in [4.69, 9.17) is 0 Å². The smallest absolute Gasteiger partial charge is 0.294 e. The van der Waals surface area contributed by atoms with E-state index in [1.165, 1.54) is 30.7 Å². The second-order valence-corrected chi connectivity index (χ2v) is 8.13. The van der Waals surface area contributed by atoms with Crippen LogP contribution in [0.4, 0.5) is 13.2 Å². The maximum atomic E-state index is 13.1. The highest BCUT2D eigenvalue weighted by atomic mass is 32.2. The van der Waals surface area contributed by atoms with Gasteiger partial charge < -0.3 is 0 Å². The lowest BCUT2D eigenvalue weighted by atomic mass is 9.95. The molecule has 0 radical (unpaired) electrons. The van der Waals surface area contributed by atoms with Crippen LogP contribution in [0.25, 0.3) is 0 Å². The van der Waals surface area contributed by atoms with Crippen molar-refractivity contribution < 1.29 is 13.2 Å². The zero-order valence-corrected chi connectivity index (χ0v) is 15.1. The lowest BCUT2D eigenvalue weighted by molar-refractivity contribution is -0.138. The fourth-order valence-corrected chi connectivity index (χ4v) is 5.57. The van der Waals surface area contributed by atoms with Crippen molar-refractivity contribution in [2.75, 3.05) is 13.1 Å². The molecule has 2 saturated heterocycles. The Bertz CT molecular complexity index is 747. The van der Waals surface area contributed by atoms with Crippen molar-refractivity contribution in [3.63, 3.8) is 0 Å². The van der Waals surface area contributed by atoms with Gasteiger partial charge in [0.05, 0.1) is 23.3 Å². The molecule has 3 nitrogen and oxygen atoms in total. The van der Waals surface area contributed by atoms with Gasteiger partial charge >= 0.3 is 6.18 Å². The van der Waals surface area contributed by atoms with Gasteiger partial charge in [0.1, 0.15) is 10.7 Å². The molecule has 2 bridgehead atoms. The van der Waals surface area contributed by atoms with E-state index in [0.29, 0.717) is 5.56 Å². The fourth-order valence-electron chi connectivity index (χ4n) is 3.83. The number of hydrogen-bond donors (Lipinski definition) is 0. The van der Waals surface area contributed by atoms with Crippen molar-refractivity contribution in [1.29, 1.82) is 0 Å². The number of hydrogen-bond acceptors (Lipinski definition) is 5. The average Bonchev–Trinajstić information content (AvgIpc) is 3.20. The van der Waals surface area contributed by atoms with Crippen LogP contribution in [-0.2, 0) is 11.9 Å². The molecule has 0 saturated carbocycles. The highest BCUT2D eigenvalue weighted by molar-refractivity contribution is 7.98. The lowest BCUT2D eigenvalue weighted by Crippen LogP contribution is -2.31. The Hall–Kier alpha value is -1.12. The van der Waals surface area contributed by atoms with Gasteiger partial charge in [0.25, 0.3) is 0 Å². The molecule has 2 aromatic rings. The van der Waals surface area contributed by atoms with Gasteiger partial charge in [0.2, 0.25) is 0 Å². The highest BCUT2D eigenvalue weighted by Gasteiger charge is 2.37. The summed E-state index contributed by atoms with van der Waals surface area (Å²) in [6, 6.07) is 6.04. The van der Waals surface area contributed by atoms with Crippen LogP contribution in [0.5, 0.6) is 0 Å². The third-order valence-electron chi connectivity index (χ3n) is 5.09. The number of thioether (sulfide) groups is 1. The van der Waals surface area contributed by atoms with Gasteiger partial charge in [-0.2, -0.15) is 21.9 Å². The molecule has 0 amide bonds. The van der Waals surface area contributed by atoms with Crippen LogP contribution in [-0.4, -0.2) is 26.7 Å². The van der Waals surface area contributed by atoms with Gasteiger partial charge in [-0.15, -0.1) is 0 Å². The Morgan fingerprint density at radius 2 is 2.00 bits per heavy atom. The molecule has 1 aromatic heterocycles. The first kappa shape index (κ1) is 17.3. The predicted molar refractivity (Wildman–Crippen MR) is 92.6 cm³/mol. The second kappa shape index (κ2) is 6.89. The molecule has 0 aliphatic carbocycles. The van der Waals surface area contributed by atoms with Crippen LogP contribution in [0.1, 0.15) is 42.1 Å². The standard InChI is InChI=1S/C17H18F3N3S2/c18-17(19,20)13-4-2-1-3-12(13)10-24-16-15(21-25-22-16)14-6-5-11-7-8-23(14)9-11/h1-4,11,14H,5-10H2. The third-order valence-corrected chi connectivity index (χ3v) is 6.78. The largest absolute Gasteiger partial charge is 0.416 e. The number of fused-ring (bicyclic) bond motifs is 2. The highest BCUT2D eigenvalue weighted by Crippen LogP contribution is 2.42. The Kier molecular flexibility index (Phi) is 4.77. The molecular weight excluding hydrogens is 367 g/mol. The molecule has 0 N–H and O–H groups in total. The van der Waals surface area contributed by atoms with E-state index in [1.807, 2.05) is 0 Å². The molecular formula is C17H18F3N3S2. The van der Waals surface area contributed by atoms with Gasteiger partial charge in [-0.05, 0) is 43.4 Å². The molecule has 3 atom stereocenters. The number of aromatic nitrogens is 2. The summed E-state index contributed by atoms with van der Waals surface area (Å²) >= 11 is 2.53. The summed E-state index contributed by atoms with van der Waals surface area (Å²) in [5, 5.41) is 0.789. The molecule has 1 aromatic carbocycles. The van der Waals surface area contributed by atoms with Crippen LogP contribution >= 0.6 is 23.5 Å². The third kappa shape index (κ3) is 3.57. The summed E-state index contributed by atoms with van der Waals surface area (Å²) in [5.74, 6) is 1.06. The van der Waals surface area contributed by atoms with E-state index < -0.39 is 11.7 Å². The summed E-state index contributed by atoms with van der Waals surface area (Å²) < 4.78 is 48.3. The molecule has 2 aliphatic heterocycles. The first-order valence-corrected chi connectivity index (χ1v) is 10.1. The normalized spacial score (nSPS) is 26.1. The van der Waals surface area contributed by atoms with Gasteiger partial charge in [-0.3, -0.25) is 4.90 Å². The summed E-state index contributed by atoms with van der Waals surface area (Å²) in [6.07, 6.45) is -0.799. The number of nitrogens with zero attached hydrogens (tertiary/aromatic N) is 3. The van der Waals surface area contributed by atoms with Crippen molar-refractivity contribution in [1.82, 2.24) is 13.6 Å². The molecule has 8 heteroatoms. The number of benzene rings is 1. The van der Waals surface area contributed by atoms with E-state index in [1.54, 1.807) is 12.1 Å². The zero-order chi connectivity index (χ0) is 17.4. The number of piperidine rings is 1. The lowest BCUT2D eigenvalue weighted by Gasteiger charge is -2.31. The minimum atomic E-state index is -4.33. The maximum absolute atomic E-state index is 13.1. The number of rotatable bonds is 4. The molecule has 0 spiro atoms. The summed E-state index contributed by atoms with van der Waals surface area (Å²) in [4.78, 5) is 2.46. The van der Waals surface area contributed by atoms with Crippen molar-refractivity contribution >= 4 is 23.5 Å². The average molecular weight is 385 g/mol. The molecule has 3 heterocycles. The first-order chi connectivity index (χ1) is 12.0. The van der Waals surface area contributed by atoms with E-state index in [9.17, 15) is 13.2 Å². The van der Waals surface area contributed by atoms with Gasteiger partial charge in [-0.25, -0.2) is 0 Å². The Morgan fingerprint density at radius 3 is 2.84 bits per heavy atom. The molecule has 134 valence electrons. The monoisotopic (exact) mass is 385 g/mol. The quantitative estimate of drug-likeness (QED) is 0.692. The molecule has 2 fully saturated rings. The Labute approximate surface area is 153 Å². The summed E-state index contributed by atoms with van der Waals surface area (Å²) in [6.45, 7) is 2.21. The van der Waals surface area contributed by atoms with Crippen LogP contribution in [0.2, 0.25) is 0 Å². The Morgan fingerprint density at radius 1 is 1.16 bits per heavy atom. The zero-order valence-electron chi connectivity index (χ0n) is 13.5. The predicted octanol–water partition coefficient (Wildman–Crippen LogP) is 5.01. The SMILES string of the molecule is FC(F)(F)c1ccccc1CSc1nsnc1C1CCC2CCN1C2. The van der Waals surface area contributed by atoms with E-state index >= 15 is 0 Å². The minimum Gasteiger partial charge on any atom is -0.294 e. The van der Waals surface area contributed by atoms with Crippen molar-refractivity contribution in [3.8, 4) is 0 Å². The number of alkyl halides is 3. The molecule has 3 unspecified atom stereocenters. The van der Waals surface area contributed by atoms with E-state index in [-0.39, 0.29) is 11.8 Å². The second-order valence-electron chi connectivity index (χ2n) is 6.64. The van der Waals surface area contributed by atoms with E-state index in [0.717, 1.165) is 53.9 Å². The van der Waals surface area contributed by atoms with Crippen LogP contribution in [0.15, 0.2) is 29.3 Å². The maximum Gasteiger partial charge on any atom is 0.416 e. The van der Waals surface area contributed by atoms with Gasteiger partial charge in [-0.1, -0.05) is 30.0 Å². The first-order valence-electron chi connectivity index (χ1n) is 8.37. The number of halogens is 3. The van der Waals surface area contributed by atoms with Crippen LogP contribution in [0.3, 0.4) is 0 Å². The summed E-state index contributed by atoms with van der Waals surface area (Å²) in [7, 11) is 0. The van der Waals surface area contributed by atoms with Crippen molar-refractivity contribution in [3.05, 3.63) is 41.1 Å². The van der Waals surface area contributed by atoms with Crippen molar-refractivity contribution in [2.45, 2.75) is 42.3 Å². The topological polar surface area (TPSA) is 29.0 Å². The van der Waals surface area contributed by atoms with Gasteiger partial charge in [0.15, 0.2) is 0 Å². The minimum absolute atomic E-state index is 0.253. The molecule has 25 heavy (non-hydrogen) atoms. The Balaban J connectivity index is 1.51.